The minimum absolute atomic E-state index is 0.243. The fourth-order valence-corrected chi connectivity index (χ4v) is 2.88. The number of hydrogen-bond acceptors (Lipinski definition) is 2. The van der Waals surface area contributed by atoms with Gasteiger partial charge in [-0.3, -0.25) is 4.68 Å². The molecule has 0 spiro atoms. The normalized spacial score (nSPS) is 12.7. The molecule has 108 valence electrons. The van der Waals surface area contributed by atoms with Gasteiger partial charge in [0.25, 0.3) is 0 Å². The lowest BCUT2D eigenvalue weighted by Crippen LogP contribution is -2.20. The van der Waals surface area contributed by atoms with Gasteiger partial charge in [-0.15, -0.1) is 0 Å². The van der Waals surface area contributed by atoms with Crippen molar-refractivity contribution in [2.75, 3.05) is 7.05 Å². The summed E-state index contributed by atoms with van der Waals surface area (Å²) < 4.78 is 1.90. The molecule has 3 nitrogen and oxygen atoms in total. The van der Waals surface area contributed by atoms with E-state index in [9.17, 15) is 0 Å². The maximum absolute atomic E-state index is 6.44. The first kappa shape index (κ1) is 15.1. The molecule has 1 N–H and O–H groups in total. The Balaban J connectivity index is 2.29. The van der Waals surface area contributed by atoms with Crippen molar-refractivity contribution in [3.8, 4) is 0 Å². The van der Waals surface area contributed by atoms with Gasteiger partial charge >= 0.3 is 0 Å². The summed E-state index contributed by atoms with van der Waals surface area (Å²) >= 11 is 6.44. The summed E-state index contributed by atoms with van der Waals surface area (Å²) in [7, 11) is 3.95. The number of aromatic nitrogens is 2. The first-order chi connectivity index (χ1) is 9.56. The van der Waals surface area contributed by atoms with Gasteiger partial charge in [0, 0.05) is 19.5 Å². The Morgan fingerprint density at radius 1 is 1.40 bits per heavy atom. The van der Waals surface area contributed by atoms with Crippen molar-refractivity contribution in [2.24, 2.45) is 7.05 Å². The second-order valence-electron chi connectivity index (χ2n) is 5.14. The molecule has 1 heterocycles. The Labute approximate surface area is 126 Å². The minimum atomic E-state index is 0.243. The van der Waals surface area contributed by atoms with Gasteiger partial charge in [0.05, 0.1) is 16.4 Å². The van der Waals surface area contributed by atoms with E-state index in [4.69, 9.17) is 11.6 Å². The van der Waals surface area contributed by atoms with E-state index in [1.165, 1.54) is 11.1 Å². The number of halogens is 1. The molecular formula is C16H22ClN3. The third-order valence-corrected chi connectivity index (χ3v) is 4.13. The Morgan fingerprint density at radius 2 is 2.15 bits per heavy atom. The van der Waals surface area contributed by atoms with Crippen molar-refractivity contribution in [3.05, 3.63) is 51.8 Å². The largest absolute Gasteiger partial charge is 0.313 e. The molecular weight excluding hydrogens is 270 g/mol. The molecule has 0 saturated heterocycles. The summed E-state index contributed by atoms with van der Waals surface area (Å²) in [5, 5.41) is 8.67. The van der Waals surface area contributed by atoms with Crippen LogP contribution in [0.4, 0.5) is 0 Å². The van der Waals surface area contributed by atoms with Crippen LogP contribution in [0.15, 0.2) is 24.3 Å². The van der Waals surface area contributed by atoms with Crippen molar-refractivity contribution in [1.82, 2.24) is 15.1 Å². The SMILES string of the molecule is CCc1nn(C)c(CC(NC)c2cccc(C)c2)c1Cl. The fraction of sp³-hybridized carbons (Fsp3) is 0.438. The quantitative estimate of drug-likeness (QED) is 0.914. The highest BCUT2D eigenvalue weighted by Gasteiger charge is 2.18. The van der Waals surface area contributed by atoms with Crippen LogP contribution in [0.5, 0.6) is 0 Å². The molecule has 0 fully saturated rings. The van der Waals surface area contributed by atoms with Gasteiger partial charge in [-0.2, -0.15) is 5.10 Å². The van der Waals surface area contributed by atoms with E-state index in [0.29, 0.717) is 0 Å². The van der Waals surface area contributed by atoms with Crippen molar-refractivity contribution in [3.63, 3.8) is 0 Å². The lowest BCUT2D eigenvalue weighted by atomic mass is 10.00. The first-order valence-corrected chi connectivity index (χ1v) is 7.38. The van der Waals surface area contributed by atoms with Crippen LogP contribution in [0.3, 0.4) is 0 Å². The summed E-state index contributed by atoms with van der Waals surface area (Å²) in [6.45, 7) is 4.19. The highest BCUT2D eigenvalue weighted by molar-refractivity contribution is 6.31. The van der Waals surface area contributed by atoms with Crippen LogP contribution in [0.2, 0.25) is 5.02 Å². The Morgan fingerprint density at radius 3 is 2.70 bits per heavy atom. The Hall–Kier alpha value is -1.32. The molecule has 0 saturated carbocycles. The van der Waals surface area contributed by atoms with Crippen molar-refractivity contribution in [2.45, 2.75) is 32.7 Å². The van der Waals surface area contributed by atoms with Crippen LogP contribution in [0, 0.1) is 6.92 Å². The summed E-state index contributed by atoms with van der Waals surface area (Å²) in [4.78, 5) is 0. The Bertz CT molecular complexity index is 589. The van der Waals surface area contributed by atoms with Crippen molar-refractivity contribution < 1.29 is 0 Å². The third-order valence-electron chi connectivity index (χ3n) is 3.69. The van der Waals surface area contributed by atoms with E-state index in [0.717, 1.165) is 29.3 Å². The number of aryl methyl sites for hydroxylation is 3. The number of nitrogens with one attached hydrogen (secondary N) is 1. The van der Waals surface area contributed by atoms with Crippen LogP contribution >= 0.6 is 11.6 Å². The van der Waals surface area contributed by atoms with Crippen LogP contribution in [0.25, 0.3) is 0 Å². The smallest absolute Gasteiger partial charge is 0.0850 e. The molecule has 0 aliphatic heterocycles. The molecule has 4 heteroatoms. The van der Waals surface area contributed by atoms with Crippen molar-refractivity contribution in [1.29, 1.82) is 0 Å². The zero-order chi connectivity index (χ0) is 14.7. The van der Waals surface area contributed by atoms with Crippen LogP contribution < -0.4 is 5.32 Å². The van der Waals surface area contributed by atoms with E-state index in [1.54, 1.807) is 0 Å². The van der Waals surface area contributed by atoms with Gasteiger partial charge in [-0.1, -0.05) is 48.4 Å². The number of rotatable bonds is 5. The molecule has 0 aliphatic rings. The lowest BCUT2D eigenvalue weighted by Gasteiger charge is -2.17. The standard InChI is InChI=1S/C16H22ClN3/c1-5-13-16(17)15(20(4)19-13)10-14(18-3)12-8-6-7-11(2)9-12/h6-9,14,18H,5,10H2,1-4H3. The van der Waals surface area contributed by atoms with Gasteiger partial charge in [0.15, 0.2) is 0 Å². The van der Waals surface area contributed by atoms with Crippen LogP contribution in [0.1, 0.15) is 35.5 Å². The predicted octanol–water partition coefficient (Wildman–Crippen LogP) is 3.45. The monoisotopic (exact) mass is 291 g/mol. The third kappa shape index (κ3) is 3.05. The molecule has 20 heavy (non-hydrogen) atoms. The molecule has 0 bridgehead atoms. The molecule has 1 aromatic carbocycles. The highest BCUT2D eigenvalue weighted by atomic mass is 35.5. The van der Waals surface area contributed by atoms with E-state index < -0.39 is 0 Å². The second kappa shape index (κ2) is 6.42. The van der Waals surface area contributed by atoms with Gasteiger partial charge in [0.1, 0.15) is 0 Å². The van der Waals surface area contributed by atoms with E-state index in [-0.39, 0.29) is 6.04 Å². The van der Waals surface area contributed by atoms with Gasteiger partial charge in [-0.25, -0.2) is 0 Å². The number of likely N-dealkylation sites (N-methyl/N-ethyl adjacent to an activating group) is 1. The summed E-state index contributed by atoms with van der Waals surface area (Å²) in [6, 6.07) is 8.82. The maximum atomic E-state index is 6.44. The molecule has 2 rings (SSSR count). The molecule has 0 aliphatic carbocycles. The van der Waals surface area contributed by atoms with Gasteiger partial charge in [0.2, 0.25) is 0 Å². The molecule has 1 unspecified atom stereocenters. The fourth-order valence-electron chi connectivity index (χ4n) is 2.51. The summed E-state index contributed by atoms with van der Waals surface area (Å²) in [5.74, 6) is 0. The van der Waals surface area contributed by atoms with E-state index in [2.05, 4.69) is 48.5 Å². The Kier molecular flexibility index (Phi) is 4.84. The van der Waals surface area contributed by atoms with E-state index >= 15 is 0 Å². The van der Waals surface area contributed by atoms with Gasteiger partial charge < -0.3 is 5.32 Å². The highest BCUT2D eigenvalue weighted by Crippen LogP contribution is 2.26. The van der Waals surface area contributed by atoms with Gasteiger partial charge in [-0.05, 0) is 26.0 Å². The molecule has 2 aromatic rings. The summed E-state index contributed by atoms with van der Waals surface area (Å²) in [5.41, 5.74) is 4.61. The maximum Gasteiger partial charge on any atom is 0.0850 e. The number of nitrogens with zero attached hydrogens (tertiary/aromatic N) is 2. The van der Waals surface area contributed by atoms with Crippen molar-refractivity contribution >= 4 is 11.6 Å². The number of hydrogen-bond donors (Lipinski definition) is 1. The predicted molar refractivity (Wildman–Crippen MR) is 84.3 cm³/mol. The van der Waals surface area contributed by atoms with Crippen LogP contribution in [-0.2, 0) is 19.9 Å². The second-order valence-corrected chi connectivity index (χ2v) is 5.52. The first-order valence-electron chi connectivity index (χ1n) is 7.00. The zero-order valence-corrected chi connectivity index (χ0v) is 13.3. The summed E-state index contributed by atoms with van der Waals surface area (Å²) in [6.07, 6.45) is 1.70. The number of benzene rings is 1. The lowest BCUT2D eigenvalue weighted by molar-refractivity contribution is 0.561. The molecule has 1 atom stereocenters. The topological polar surface area (TPSA) is 29.9 Å². The average Bonchev–Trinajstić information content (AvgIpc) is 2.71. The molecule has 0 radical (unpaired) electrons. The average molecular weight is 292 g/mol. The molecule has 0 amide bonds. The zero-order valence-electron chi connectivity index (χ0n) is 12.6. The minimum Gasteiger partial charge on any atom is -0.313 e. The van der Waals surface area contributed by atoms with Crippen LogP contribution in [-0.4, -0.2) is 16.8 Å². The van der Waals surface area contributed by atoms with E-state index in [1.807, 2.05) is 18.8 Å². The molecule has 1 aromatic heterocycles.